The van der Waals surface area contributed by atoms with E-state index in [0.29, 0.717) is 0 Å². The molecule has 0 amide bonds. The van der Waals surface area contributed by atoms with E-state index in [2.05, 4.69) is 19.2 Å². The molecule has 1 aliphatic rings. The molecule has 1 aromatic rings. The van der Waals surface area contributed by atoms with Crippen molar-refractivity contribution in [1.82, 2.24) is 0 Å². The molecule has 0 atom stereocenters. The molecule has 2 rings (SSSR count). The smallest absolute Gasteiger partial charge is 0.146 e. The first kappa shape index (κ1) is 10.1. The Kier molecular flexibility index (Phi) is 2.47. The van der Waals surface area contributed by atoms with Gasteiger partial charge in [0, 0.05) is 12.0 Å². The van der Waals surface area contributed by atoms with Crippen LogP contribution < -0.4 is 14.8 Å². The minimum absolute atomic E-state index is 0.143. The lowest BCUT2D eigenvalue weighted by molar-refractivity contribution is 0.200. The summed E-state index contributed by atoms with van der Waals surface area (Å²) >= 11 is 0. The lowest BCUT2D eigenvalue weighted by Gasteiger charge is -2.20. The van der Waals surface area contributed by atoms with Crippen molar-refractivity contribution in [3.8, 4) is 11.5 Å². The highest BCUT2D eigenvalue weighted by molar-refractivity contribution is 5.66. The van der Waals surface area contributed by atoms with Crippen molar-refractivity contribution in [1.29, 1.82) is 0 Å². The Balaban J connectivity index is 2.35. The zero-order chi connectivity index (χ0) is 10.9. The highest BCUT2D eigenvalue weighted by atomic mass is 16.5. The molecule has 0 radical (unpaired) electrons. The Morgan fingerprint density at radius 2 is 2.20 bits per heavy atom. The van der Waals surface area contributed by atoms with E-state index in [4.69, 9.17) is 9.47 Å². The molecule has 0 spiro atoms. The Morgan fingerprint density at radius 1 is 1.40 bits per heavy atom. The van der Waals surface area contributed by atoms with E-state index in [1.54, 1.807) is 7.11 Å². The van der Waals surface area contributed by atoms with Crippen LogP contribution in [0.3, 0.4) is 0 Å². The number of fused-ring (bicyclic) bond motifs is 1. The number of ether oxygens (including phenoxy) is 2. The summed E-state index contributed by atoms with van der Waals surface area (Å²) in [5, 5.41) is 3.38. The van der Waals surface area contributed by atoms with E-state index in [9.17, 15) is 0 Å². The molecule has 0 aromatic heterocycles. The van der Waals surface area contributed by atoms with E-state index in [1.807, 2.05) is 18.2 Å². The van der Waals surface area contributed by atoms with Gasteiger partial charge >= 0.3 is 0 Å². The van der Waals surface area contributed by atoms with E-state index in [0.717, 1.165) is 30.3 Å². The molecule has 0 saturated carbocycles. The molecule has 82 valence electrons. The highest BCUT2D eigenvalue weighted by Gasteiger charge is 2.24. The van der Waals surface area contributed by atoms with Crippen LogP contribution in [-0.2, 0) is 0 Å². The number of nitrogens with one attached hydrogen (secondary N) is 1. The zero-order valence-corrected chi connectivity index (χ0v) is 9.46. The lowest BCUT2D eigenvalue weighted by atomic mass is 9.95. The Labute approximate surface area is 90.4 Å². The Morgan fingerprint density at radius 3 is 2.93 bits per heavy atom. The summed E-state index contributed by atoms with van der Waals surface area (Å²) in [6.45, 7) is 5.97. The number of anilines is 1. The van der Waals surface area contributed by atoms with Crippen LogP contribution in [0.2, 0.25) is 0 Å². The normalized spacial score (nSPS) is 18.1. The topological polar surface area (TPSA) is 30.5 Å². The SMILES string of the molecule is COc1cccc2c1NCC(C)(C)CO2. The monoisotopic (exact) mass is 207 g/mol. The van der Waals surface area contributed by atoms with Crippen LogP contribution in [0.1, 0.15) is 13.8 Å². The van der Waals surface area contributed by atoms with Gasteiger partial charge in [-0.15, -0.1) is 0 Å². The molecule has 0 saturated heterocycles. The summed E-state index contributed by atoms with van der Waals surface area (Å²) < 4.78 is 11.1. The summed E-state index contributed by atoms with van der Waals surface area (Å²) in [5.74, 6) is 1.71. The van der Waals surface area contributed by atoms with Crippen LogP contribution in [0.25, 0.3) is 0 Å². The molecule has 0 bridgehead atoms. The van der Waals surface area contributed by atoms with Gasteiger partial charge in [-0.25, -0.2) is 0 Å². The fourth-order valence-corrected chi connectivity index (χ4v) is 1.63. The van der Waals surface area contributed by atoms with Crippen molar-refractivity contribution in [3.63, 3.8) is 0 Å². The number of benzene rings is 1. The minimum atomic E-state index is 0.143. The third-order valence-corrected chi connectivity index (χ3v) is 2.57. The van der Waals surface area contributed by atoms with Crippen molar-refractivity contribution in [2.45, 2.75) is 13.8 Å². The molecule has 0 aliphatic carbocycles. The standard InChI is InChI=1S/C12H17NO2/c1-12(2)7-13-11-9(14-3)5-4-6-10(11)15-8-12/h4-6,13H,7-8H2,1-3H3. The first-order valence-electron chi connectivity index (χ1n) is 5.16. The van der Waals surface area contributed by atoms with Crippen molar-refractivity contribution in [3.05, 3.63) is 18.2 Å². The fourth-order valence-electron chi connectivity index (χ4n) is 1.63. The Bertz CT molecular complexity index is 361. The molecule has 1 aromatic carbocycles. The van der Waals surface area contributed by atoms with Crippen molar-refractivity contribution >= 4 is 5.69 Å². The molecule has 0 unspecified atom stereocenters. The fraction of sp³-hybridized carbons (Fsp3) is 0.500. The molecule has 3 heteroatoms. The minimum Gasteiger partial charge on any atom is -0.494 e. The van der Waals surface area contributed by atoms with Crippen LogP contribution in [0.5, 0.6) is 11.5 Å². The van der Waals surface area contributed by atoms with Gasteiger partial charge in [0.05, 0.1) is 13.7 Å². The molecule has 15 heavy (non-hydrogen) atoms. The second-order valence-electron chi connectivity index (χ2n) is 4.64. The summed E-state index contributed by atoms with van der Waals surface area (Å²) in [5.41, 5.74) is 1.11. The maximum Gasteiger partial charge on any atom is 0.146 e. The summed E-state index contributed by atoms with van der Waals surface area (Å²) in [7, 11) is 1.67. The van der Waals surface area contributed by atoms with Crippen molar-refractivity contribution in [2.75, 3.05) is 25.6 Å². The van der Waals surface area contributed by atoms with E-state index >= 15 is 0 Å². The van der Waals surface area contributed by atoms with Crippen LogP contribution in [0.4, 0.5) is 5.69 Å². The van der Waals surface area contributed by atoms with E-state index in [1.165, 1.54) is 0 Å². The lowest BCUT2D eigenvalue weighted by Crippen LogP contribution is -2.27. The summed E-state index contributed by atoms with van der Waals surface area (Å²) in [6.07, 6.45) is 0. The average Bonchev–Trinajstić information content (AvgIpc) is 2.38. The summed E-state index contributed by atoms with van der Waals surface area (Å²) in [6, 6.07) is 5.84. The number of hydrogen-bond acceptors (Lipinski definition) is 3. The van der Waals surface area contributed by atoms with E-state index in [-0.39, 0.29) is 5.41 Å². The van der Waals surface area contributed by atoms with Crippen LogP contribution in [0, 0.1) is 5.41 Å². The quantitative estimate of drug-likeness (QED) is 0.767. The third-order valence-electron chi connectivity index (χ3n) is 2.57. The zero-order valence-electron chi connectivity index (χ0n) is 9.46. The van der Waals surface area contributed by atoms with Gasteiger partial charge in [-0.3, -0.25) is 0 Å². The first-order chi connectivity index (χ1) is 7.12. The van der Waals surface area contributed by atoms with Gasteiger partial charge in [-0.1, -0.05) is 19.9 Å². The number of para-hydroxylation sites is 1. The number of methoxy groups -OCH3 is 1. The molecule has 3 nitrogen and oxygen atoms in total. The van der Waals surface area contributed by atoms with Crippen LogP contribution >= 0.6 is 0 Å². The summed E-state index contributed by atoms with van der Waals surface area (Å²) in [4.78, 5) is 0. The van der Waals surface area contributed by atoms with Gasteiger partial charge in [0.2, 0.25) is 0 Å². The van der Waals surface area contributed by atoms with Crippen molar-refractivity contribution in [2.24, 2.45) is 5.41 Å². The molecule has 1 aliphatic heterocycles. The second-order valence-corrected chi connectivity index (χ2v) is 4.64. The van der Waals surface area contributed by atoms with Crippen LogP contribution in [0.15, 0.2) is 18.2 Å². The molecule has 0 fully saturated rings. The maximum absolute atomic E-state index is 5.76. The van der Waals surface area contributed by atoms with Gasteiger partial charge in [0.15, 0.2) is 0 Å². The first-order valence-corrected chi connectivity index (χ1v) is 5.16. The van der Waals surface area contributed by atoms with Crippen LogP contribution in [-0.4, -0.2) is 20.3 Å². The second kappa shape index (κ2) is 3.65. The third kappa shape index (κ3) is 2.01. The van der Waals surface area contributed by atoms with Gasteiger partial charge < -0.3 is 14.8 Å². The Hall–Kier alpha value is -1.38. The van der Waals surface area contributed by atoms with Gasteiger partial charge in [-0.05, 0) is 12.1 Å². The number of rotatable bonds is 1. The number of hydrogen-bond donors (Lipinski definition) is 1. The van der Waals surface area contributed by atoms with Gasteiger partial charge in [0.1, 0.15) is 17.2 Å². The van der Waals surface area contributed by atoms with E-state index < -0.39 is 0 Å². The predicted octanol–water partition coefficient (Wildman–Crippen LogP) is 2.53. The molecule has 1 N–H and O–H groups in total. The maximum atomic E-state index is 5.76. The molecular weight excluding hydrogens is 190 g/mol. The molecular formula is C12H17NO2. The van der Waals surface area contributed by atoms with Gasteiger partial charge in [0.25, 0.3) is 0 Å². The highest BCUT2D eigenvalue weighted by Crippen LogP contribution is 2.37. The predicted molar refractivity (Wildman–Crippen MR) is 60.8 cm³/mol. The van der Waals surface area contributed by atoms with Gasteiger partial charge in [-0.2, -0.15) is 0 Å². The molecule has 1 heterocycles. The average molecular weight is 207 g/mol. The largest absolute Gasteiger partial charge is 0.494 e. The van der Waals surface area contributed by atoms with Crippen molar-refractivity contribution < 1.29 is 9.47 Å².